The second-order valence-electron chi connectivity index (χ2n) is 5.63. The Labute approximate surface area is 126 Å². The number of hydrogen-bond acceptors (Lipinski definition) is 4. The first-order chi connectivity index (χ1) is 9.62. The average molecular weight is 294 g/mol. The van der Waals surface area contributed by atoms with Gasteiger partial charge in [-0.25, -0.2) is 0 Å². The molecular weight excluding hydrogens is 268 g/mol. The van der Waals surface area contributed by atoms with Crippen LogP contribution in [0.25, 0.3) is 0 Å². The molecule has 3 nitrogen and oxygen atoms in total. The van der Waals surface area contributed by atoms with Gasteiger partial charge in [0.05, 0.1) is 7.11 Å². The van der Waals surface area contributed by atoms with Crippen molar-refractivity contribution in [2.45, 2.75) is 37.1 Å². The third-order valence-electron chi connectivity index (χ3n) is 4.55. The van der Waals surface area contributed by atoms with E-state index in [0.717, 1.165) is 18.8 Å². The van der Waals surface area contributed by atoms with Crippen LogP contribution in [0.4, 0.5) is 0 Å². The van der Waals surface area contributed by atoms with Crippen LogP contribution in [0.1, 0.15) is 25.3 Å². The molecule has 2 N–H and O–H groups in total. The van der Waals surface area contributed by atoms with Gasteiger partial charge in [-0.2, -0.15) is 11.8 Å². The highest BCUT2D eigenvalue weighted by molar-refractivity contribution is 8.00. The fourth-order valence-corrected chi connectivity index (χ4v) is 4.49. The molecule has 1 fully saturated rings. The predicted octanol–water partition coefficient (Wildman–Crippen LogP) is 2.74. The SMILES string of the molecule is COc1cccc(CN(C)C2(CN)CCCSC2C)c1. The van der Waals surface area contributed by atoms with Crippen LogP contribution in [-0.4, -0.2) is 42.1 Å². The fraction of sp³-hybridized carbons (Fsp3) is 0.625. The van der Waals surface area contributed by atoms with Crippen LogP contribution in [-0.2, 0) is 6.54 Å². The molecule has 2 unspecified atom stereocenters. The summed E-state index contributed by atoms with van der Waals surface area (Å²) in [5.74, 6) is 2.18. The van der Waals surface area contributed by atoms with Crippen molar-refractivity contribution in [1.82, 2.24) is 4.90 Å². The zero-order valence-electron chi connectivity index (χ0n) is 12.8. The number of ether oxygens (including phenoxy) is 1. The second-order valence-corrected chi connectivity index (χ2v) is 7.08. The zero-order valence-corrected chi connectivity index (χ0v) is 13.6. The van der Waals surface area contributed by atoms with Crippen molar-refractivity contribution in [1.29, 1.82) is 0 Å². The molecule has 0 amide bonds. The molecule has 0 aromatic heterocycles. The zero-order chi connectivity index (χ0) is 14.6. The third-order valence-corrected chi connectivity index (χ3v) is 6.01. The maximum Gasteiger partial charge on any atom is 0.119 e. The van der Waals surface area contributed by atoms with Gasteiger partial charge in [-0.15, -0.1) is 0 Å². The van der Waals surface area contributed by atoms with Crippen molar-refractivity contribution >= 4 is 11.8 Å². The first kappa shape index (κ1) is 15.7. The standard InChI is InChI=1S/C16H26N2OS/c1-13-16(12-17,8-5-9-20-13)18(2)11-14-6-4-7-15(10-14)19-3/h4,6-7,10,13H,5,8-9,11-12,17H2,1-3H3. The van der Waals surface area contributed by atoms with Crippen molar-refractivity contribution < 1.29 is 4.74 Å². The maximum atomic E-state index is 6.16. The molecule has 112 valence electrons. The normalized spacial score (nSPS) is 26.8. The predicted molar refractivity (Wildman–Crippen MR) is 87.4 cm³/mol. The highest BCUT2D eigenvalue weighted by atomic mass is 32.2. The van der Waals surface area contributed by atoms with E-state index in [9.17, 15) is 0 Å². The molecule has 1 saturated heterocycles. The van der Waals surface area contributed by atoms with E-state index in [0.29, 0.717) is 5.25 Å². The molecule has 1 aliphatic rings. The minimum atomic E-state index is 0.117. The van der Waals surface area contributed by atoms with E-state index in [1.54, 1.807) is 7.11 Å². The Hall–Kier alpha value is -0.710. The summed E-state index contributed by atoms with van der Waals surface area (Å²) in [7, 11) is 3.92. The van der Waals surface area contributed by atoms with Crippen LogP contribution < -0.4 is 10.5 Å². The summed E-state index contributed by atoms with van der Waals surface area (Å²) in [4.78, 5) is 2.44. The first-order valence-electron chi connectivity index (χ1n) is 7.28. The summed E-state index contributed by atoms with van der Waals surface area (Å²) in [6, 6.07) is 8.31. The lowest BCUT2D eigenvalue weighted by Gasteiger charge is -2.48. The summed E-state index contributed by atoms with van der Waals surface area (Å²) in [5, 5.41) is 0.580. The Morgan fingerprint density at radius 2 is 2.30 bits per heavy atom. The Morgan fingerprint density at radius 3 is 2.95 bits per heavy atom. The topological polar surface area (TPSA) is 38.5 Å². The lowest BCUT2D eigenvalue weighted by Crippen LogP contribution is -2.59. The monoisotopic (exact) mass is 294 g/mol. The van der Waals surface area contributed by atoms with E-state index in [1.165, 1.54) is 24.2 Å². The van der Waals surface area contributed by atoms with E-state index in [-0.39, 0.29) is 5.54 Å². The number of nitrogens with zero attached hydrogens (tertiary/aromatic N) is 1. The number of methoxy groups -OCH3 is 1. The molecule has 2 atom stereocenters. The highest BCUT2D eigenvalue weighted by Gasteiger charge is 2.40. The molecule has 0 aliphatic carbocycles. The van der Waals surface area contributed by atoms with Gasteiger partial charge < -0.3 is 10.5 Å². The average Bonchev–Trinajstić information content (AvgIpc) is 2.48. The van der Waals surface area contributed by atoms with Crippen LogP contribution in [0.15, 0.2) is 24.3 Å². The molecule has 0 bridgehead atoms. The quantitative estimate of drug-likeness (QED) is 0.906. The highest BCUT2D eigenvalue weighted by Crippen LogP contribution is 2.38. The van der Waals surface area contributed by atoms with Crippen LogP contribution in [0.3, 0.4) is 0 Å². The molecule has 1 heterocycles. The van der Waals surface area contributed by atoms with Crippen molar-refractivity contribution in [3.8, 4) is 5.75 Å². The van der Waals surface area contributed by atoms with Gasteiger partial charge in [-0.1, -0.05) is 19.1 Å². The number of benzene rings is 1. The number of hydrogen-bond donors (Lipinski definition) is 1. The van der Waals surface area contributed by atoms with Gasteiger partial charge in [-0.05, 0) is 43.3 Å². The minimum absolute atomic E-state index is 0.117. The van der Waals surface area contributed by atoms with Crippen molar-refractivity contribution in [3.63, 3.8) is 0 Å². The van der Waals surface area contributed by atoms with Crippen molar-refractivity contribution in [3.05, 3.63) is 29.8 Å². The van der Waals surface area contributed by atoms with Crippen LogP contribution in [0.5, 0.6) is 5.75 Å². The molecule has 1 aromatic rings. The number of likely N-dealkylation sites (N-methyl/N-ethyl adjacent to an activating group) is 1. The van der Waals surface area contributed by atoms with Crippen molar-refractivity contribution in [2.24, 2.45) is 5.73 Å². The van der Waals surface area contributed by atoms with Crippen LogP contribution in [0, 0.1) is 0 Å². The molecule has 1 aliphatic heterocycles. The smallest absolute Gasteiger partial charge is 0.119 e. The lowest BCUT2D eigenvalue weighted by molar-refractivity contribution is 0.104. The molecule has 2 rings (SSSR count). The molecule has 20 heavy (non-hydrogen) atoms. The maximum absolute atomic E-state index is 6.16. The second kappa shape index (κ2) is 6.83. The van der Waals surface area contributed by atoms with Gasteiger partial charge in [0.25, 0.3) is 0 Å². The summed E-state index contributed by atoms with van der Waals surface area (Å²) < 4.78 is 5.31. The Bertz CT molecular complexity index is 440. The first-order valence-corrected chi connectivity index (χ1v) is 8.33. The van der Waals surface area contributed by atoms with Crippen molar-refractivity contribution in [2.75, 3.05) is 26.5 Å². The van der Waals surface area contributed by atoms with Gasteiger partial charge in [0.15, 0.2) is 0 Å². The molecule has 0 radical (unpaired) electrons. The molecular formula is C16H26N2OS. The van der Waals surface area contributed by atoms with Gasteiger partial charge >= 0.3 is 0 Å². The summed E-state index contributed by atoms with van der Waals surface area (Å²) in [6.07, 6.45) is 2.45. The number of rotatable bonds is 5. The van der Waals surface area contributed by atoms with Crippen LogP contribution in [0.2, 0.25) is 0 Å². The summed E-state index contributed by atoms with van der Waals surface area (Å²) >= 11 is 2.05. The van der Waals surface area contributed by atoms with Gasteiger partial charge in [-0.3, -0.25) is 4.90 Å². The Kier molecular flexibility index (Phi) is 5.35. The van der Waals surface area contributed by atoms with Crippen LogP contribution >= 0.6 is 11.8 Å². The minimum Gasteiger partial charge on any atom is -0.497 e. The number of nitrogens with two attached hydrogens (primary N) is 1. The Morgan fingerprint density at radius 1 is 1.50 bits per heavy atom. The molecule has 0 spiro atoms. The fourth-order valence-electron chi connectivity index (χ4n) is 3.12. The van der Waals surface area contributed by atoms with Gasteiger partial charge in [0, 0.05) is 23.9 Å². The van der Waals surface area contributed by atoms with E-state index < -0.39 is 0 Å². The van der Waals surface area contributed by atoms with E-state index in [4.69, 9.17) is 10.5 Å². The molecule has 1 aromatic carbocycles. The van der Waals surface area contributed by atoms with E-state index >= 15 is 0 Å². The van der Waals surface area contributed by atoms with E-state index in [2.05, 4.69) is 37.1 Å². The lowest BCUT2D eigenvalue weighted by atomic mass is 9.87. The van der Waals surface area contributed by atoms with Gasteiger partial charge in [0.2, 0.25) is 0 Å². The molecule has 4 heteroatoms. The summed E-state index contributed by atoms with van der Waals surface area (Å²) in [5.41, 5.74) is 7.56. The number of thioether (sulfide) groups is 1. The molecule has 0 saturated carbocycles. The summed E-state index contributed by atoms with van der Waals surface area (Å²) in [6.45, 7) is 3.96. The third kappa shape index (κ3) is 3.13. The largest absolute Gasteiger partial charge is 0.497 e. The Balaban J connectivity index is 2.14. The van der Waals surface area contributed by atoms with E-state index in [1.807, 2.05) is 17.8 Å². The van der Waals surface area contributed by atoms with Gasteiger partial charge in [0.1, 0.15) is 5.75 Å².